The molecule has 0 saturated carbocycles. The van der Waals surface area contributed by atoms with Crippen LogP contribution in [0.4, 0.5) is 5.82 Å². The van der Waals surface area contributed by atoms with Gasteiger partial charge in [-0.1, -0.05) is 31.2 Å². The van der Waals surface area contributed by atoms with Crippen molar-refractivity contribution in [2.24, 2.45) is 0 Å². The van der Waals surface area contributed by atoms with Crippen LogP contribution in [0.5, 0.6) is 0 Å². The van der Waals surface area contributed by atoms with E-state index in [4.69, 9.17) is 0 Å². The number of hydrogen-bond donors (Lipinski definition) is 0. The van der Waals surface area contributed by atoms with Crippen molar-refractivity contribution in [2.45, 2.75) is 19.9 Å². The summed E-state index contributed by atoms with van der Waals surface area (Å²) in [6.07, 6.45) is 2.78. The van der Waals surface area contributed by atoms with E-state index in [2.05, 4.69) is 46.0 Å². The molecule has 3 heterocycles. The lowest BCUT2D eigenvalue weighted by molar-refractivity contribution is 0.0643. The van der Waals surface area contributed by atoms with Gasteiger partial charge in [0.1, 0.15) is 5.82 Å². The second kappa shape index (κ2) is 7.46. The van der Waals surface area contributed by atoms with E-state index in [1.807, 2.05) is 17.0 Å². The first kappa shape index (κ1) is 17.0. The Bertz CT molecular complexity index is 766. The van der Waals surface area contributed by atoms with Crippen LogP contribution in [0.25, 0.3) is 0 Å². The fourth-order valence-corrected chi connectivity index (χ4v) is 3.84. The summed E-state index contributed by atoms with van der Waals surface area (Å²) in [6, 6.07) is 12.5. The number of carbonyl (C=O) groups excluding carboxylic acids is 1. The molecule has 0 radical (unpaired) electrons. The number of rotatable bonds is 3. The summed E-state index contributed by atoms with van der Waals surface area (Å²) in [4.78, 5) is 23.9. The third-order valence-corrected chi connectivity index (χ3v) is 5.56. The van der Waals surface area contributed by atoms with Gasteiger partial charge in [0.05, 0.1) is 5.56 Å². The number of anilines is 1. The lowest BCUT2D eigenvalue weighted by Gasteiger charge is -2.34. The highest BCUT2D eigenvalue weighted by Gasteiger charge is 2.22. The van der Waals surface area contributed by atoms with E-state index in [-0.39, 0.29) is 5.91 Å². The van der Waals surface area contributed by atoms with Gasteiger partial charge in [-0.05, 0) is 36.2 Å². The van der Waals surface area contributed by atoms with Gasteiger partial charge in [0.15, 0.2) is 0 Å². The number of amides is 1. The summed E-state index contributed by atoms with van der Waals surface area (Å²) in [5, 5.41) is 0. The number of benzene rings is 1. The van der Waals surface area contributed by atoms with Gasteiger partial charge in [-0.15, -0.1) is 0 Å². The Morgan fingerprint density at radius 1 is 1.00 bits per heavy atom. The molecule has 0 unspecified atom stereocenters. The number of fused-ring (bicyclic) bond motifs is 1. The van der Waals surface area contributed by atoms with Gasteiger partial charge in [0.2, 0.25) is 0 Å². The average Bonchev–Trinajstić information content (AvgIpc) is 2.73. The Morgan fingerprint density at radius 2 is 1.77 bits per heavy atom. The van der Waals surface area contributed by atoms with E-state index in [9.17, 15) is 4.79 Å². The number of likely N-dealkylation sites (N-methyl/N-ethyl adjacent to an activating group) is 1. The van der Waals surface area contributed by atoms with Crippen LogP contribution in [0.15, 0.2) is 42.6 Å². The third-order valence-electron chi connectivity index (χ3n) is 5.56. The Morgan fingerprint density at radius 3 is 2.46 bits per heavy atom. The maximum absolute atomic E-state index is 12.7. The summed E-state index contributed by atoms with van der Waals surface area (Å²) in [6.45, 7) is 8.60. The monoisotopic (exact) mass is 350 g/mol. The molecule has 0 atom stereocenters. The molecule has 0 N–H and O–H groups in total. The molecule has 2 aliphatic rings. The first-order valence-electron chi connectivity index (χ1n) is 9.54. The SMILES string of the molecule is CCN1CCN(C(=O)c2ccc(N3CCc4ccccc4C3)nc2)CC1. The van der Waals surface area contributed by atoms with Crippen LogP contribution >= 0.6 is 0 Å². The van der Waals surface area contributed by atoms with Crippen molar-refractivity contribution < 1.29 is 4.79 Å². The number of nitrogens with zero attached hydrogens (tertiary/aromatic N) is 4. The number of hydrogen-bond acceptors (Lipinski definition) is 4. The minimum absolute atomic E-state index is 0.101. The van der Waals surface area contributed by atoms with Crippen molar-refractivity contribution >= 4 is 11.7 Å². The molecule has 5 heteroatoms. The molecule has 0 spiro atoms. The van der Waals surface area contributed by atoms with Crippen LogP contribution in [0.3, 0.4) is 0 Å². The van der Waals surface area contributed by atoms with Crippen LogP contribution in [-0.2, 0) is 13.0 Å². The molecule has 1 amide bonds. The van der Waals surface area contributed by atoms with Gasteiger partial charge in [-0.25, -0.2) is 4.98 Å². The van der Waals surface area contributed by atoms with E-state index in [1.165, 1.54) is 11.1 Å². The first-order chi connectivity index (χ1) is 12.7. The van der Waals surface area contributed by atoms with Crippen molar-refractivity contribution in [1.82, 2.24) is 14.8 Å². The molecule has 2 aliphatic heterocycles. The van der Waals surface area contributed by atoms with Crippen molar-refractivity contribution in [3.63, 3.8) is 0 Å². The zero-order valence-electron chi connectivity index (χ0n) is 15.4. The zero-order valence-corrected chi connectivity index (χ0v) is 15.4. The summed E-state index contributed by atoms with van der Waals surface area (Å²) in [5.74, 6) is 1.05. The smallest absolute Gasteiger partial charge is 0.255 e. The predicted octanol–water partition coefficient (Wildman–Crippen LogP) is 2.42. The highest BCUT2D eigenvalue weighted by molar-refractivity contribution is 5.94. The van der Waals surface area contributed by atoms with Crippen molar-refractivity contribution in [2.75, 3.05) is 44.2 Å². The molecule has 1 fully saturated rings. The Hall–Kier alpha value is -2.40. The van der Waals surface area contributed by atoms with Gasteiger partial charge in [0.25, 0.3) is 5.91 Å². The van der Waals surface area contributed by atoms with Crippen molar-refractivity contribution in [3.8, 4) is 0 Å². The van der Waals surface area contributed by atoms with Crippen LogP contribution in [0.2, 0.25) is 0 Å². The molecule has 136 valence electrons. The third kappa shape index (κ3) is 3.44. The van der Waals surface area contributed by atoms with E-state index in [0.717, 1.165) is 58.1 Å². The number of piperazine rings is 1. The van der Waals surface area contributed by atoms with Crippen LogP contribution in [0, 0.1) is 0 Å². The normalized spacial score (nSPS) is 17.9. The van der Waals surface area contributed by atoms with E-state index in [0.29, 0.717) is 5.56 Å². The number of aromatic nitrogens is 1. The first-order valence-corrected chi connectivity index (χ1v) is 9.54. The largest absolute Gasteiger partial charge is 0.352 e. The maximum atomic E-state index is 12.7. The molecular formula is C21H26N4O. The summed E-state index contributed by atoms with van der Waals surface area (Å²) < 4.78 is 0. The highest BCUT2D eigenvalue weighted by Crippen LogP contribution is 2.23. The topological polar surface area (TPSA) is 39.7 Å². The maximum Gasteiger partial charge on any atom is 0.255 e. The fraction of sp³-hybridized carbons (Fsp3) is 0.429. The second-order valence-corrected chi connectivity index (χ2v) is 7.07. The lowest BCUT2D eigenvalue weighted by Crippen LogP contribution is -2.48. The van der Waals surface area contributed by atoms with Crippen LogP contribution in [-0.4, -0.2) is 60.0 Å². The molecule has 1 aromatic heterocycles. The summed E-state index contributed by atoms with van der Waals surface area (Å²) >= 11 is 0. The highest BCUT2D eigenvalue weighted by atomic mass is 16.2. The molecule has 4 rings (SSSR count). The summed E-state index contributed by atoms with van der Waals surface area (Å²) in [7, 11) is 0. The van der Waals surface area contributed by atoms with Crippen LogP contribution < -0.4 is 4.90 Å². The number of carbonyl (C=O) groups is 1. The van der Waals surface area contributed by atoms with E-state index in [1.54, 1.807) is 6.20 Å². The van der Waals surface area contributed by atoms with Gasteiger partial charge < -0.3 is 14.7 Å². The van der Waals surface area contributed by atoms with Gasteiger partial charge >= 0.3 is 0 Å². The Labute approximate surface area is 155 Å². The molecule has 2 aromatic rings. The van der Waals surface area contributed by atoms with Gasteiger partial charge in [0, 0.05) is 45.5 Å². The van der Waals surface area contributed by atoms with Crippen LogP contribution in [0.1, 0.15) is 28.4 Å². The predicted molar refractivity (Wildman–Crippen MR) is 103 cm³/mol. The molecule has 1 saturated heterocycles. The summed E-state index contributed by atoms with van der Waals surface area (Å²) in [5.41, 5.74) is 3.49. The van der Waals surface area contributed by atoms with E-state index >= 15 is 0 Å². The standard InChI is InChI=1S/C21H26N4O/c1-2-23-11-13-24(14-12-23)21(26)18-7-8-20(22-15-18)25-10-9-17-5-3-4-6-19(17)16-25/h3-8,15H,2,9-14,16H2,1H3. The quantitative estimate of drug-likeness (QED) is 0.852. The molecular weight excluding hydrogens is 324 g/mol. The van der Waals surface area contributed by atoms with Crippen molar-refractivity contribution in [3.05, 3.63) is 59.3 Å². The van der Waals surface area contributed by atoms with Crippen molar-refractivity contribution in [1.29, 1.82) is 0 Å². The zero-order chi connectivity index (χ0) is 17.9. The van der Waals surface area contributed by atoms with Gasteiger partial charge in [-0.2, -0.15) is 0 Å². The molecule has 1 aromatic carbocycles. The van der Waals surface area contributed by atoms with Gasteiger partial charge in [-0.3, -0.25) is 4.79 Å². The minimum atomic E-state index is 0.101. The lowest BCUT2D eigenvalue weighted by atomic mass is 10.00. The Kier molecular flexibility index (Phi) is 4.89. The molecule has 0 aliphatic carbocycles. The van der Waals surface area contributed by atoms with E-state index < -0.39 is 0 Å². The fourth-order valence-electron chi connectivity index (χ4n) is 3.84. The minimum Gasteiger partial charge on any atom is -0.352 e. The molecule has 5 nitrogen and oxygen atoms in total. The molecule has 26 heavy (non-hydrogen) atoms. The average molecular weight is 350 g/mol. The Balaban J connectivity index is 1.42. The molecule has 0 bridgehead atoms. The second-order valence-electron chi connectivity index (χ2n) is 7.07. The number of pyridine rings is 1.